The van der Waals surface area contributed by atoms with E-state index >= 15 is 0 Å². The molecular weight excluding hydrogens is 426 g/mol. The van der Waals surface area contributed by atoms with Crippen molar-refractivity contribution in [3.05, 3.63) is 90.2 Å². The smallest absolute Gasteiger partial charge is 0.293 e. The zero-order valence-corrected chi connectivity index (χ0v) is 17.9. The topological polar surface area (TPSA) is 67.2 Å². The number of thiazole rings is 1. The van der Waals surface area contributed by atoms with E-state index in [9.17, 15) is 4.79 Å². The summed E-state index contributed by atoms with van der Waals surface area (Å²) in [6.07, 6.45) is 0. The van der Waals surface area contributed by atoms with Gasteiger partial charge in [-0.05, 0) is 42.0 Å². The molecule has 0 aliphatic heterocycles. The van der Waals surface area contributed by atoms with Gasteiger partial charge in [0.1, 0.15) is 10.6 Å². The fourth-order valence-electron chi connectivity index (χ4n) is 3.25. The average Bonchev–Trinajstić information content (AvgIpc) is 3.42. The van der Waals surface area contributed by atoms with Gasteiger partial charge in [-0.15, -0.1) is 11.3 Å². The van der Waals surface area contributed by atoms with Crippen LogP contribution in [0.15, 0.2) is 83.3 Å². The number of thiocarbonyl (C=S) groups is 1. The van der Waals surface area contributed by atoms with Gasteiger partial charge in [0.05, 0.1) is 10.2 Å². The van der Waals surface area contributed by atoms with Gasteiger partial charge >= 0.3 is 0 Å². The summed E-state index contributed by atoms with van der Waals surface area (Å²) in [6, 6.07) is 25.4. The Morgan fingerprint density at radius 2 is 1.77 bits per heavy atom. The number of hydrogen-bond donors (Lipinski definition) is 2. The maximum atomic E-state index is 12.4. The fraction of sp³-hybridized carbons (Fsp3) is 0.0417. The highest BCUT2D eigenvalue weighted by Gasteiger charge is 2.13. The number of aromatic nitrogens is 1. The van der Waals surface area contributed by atoms with Crippen LogP contribution in [0.5, 0.6) is 0 Å². The number of hydrogen-bond acceptors (Lipinski definition) is 5. The molecular formula is C24H17N3O2S2. The average molecular weight is 444 g/mol. The first-order chi connectivity index (χ1) is 15.2. The molecule has 5 aromatic rings. The van der Waals surface area contributed by atoms with Crippen molar-refractivity contribution in [3.8, 4) is 10.6 Å². The third-order valence-electron chi connectivity index (χ3n) is 4.82. The number of fused-ring (bicyclic) bond motifs is 2. The van der Waals surface area contributed by atoms with Crippen molar-refractivity contribution in [1.82, 2.24) is 15.6 Å². The predicted molar refractivity (Wildman–Crippen MR) is 128 cm³/mol. The lowest BCUT2D eigenvalue weighted by molar-refractivity contribution is 0.0951. The van der Waals surface area contributed by atoms with Gasteiger partial charge in [0.25, 0.3) is 5.91 Å². The van der Waals surface area contributed by atoms with Crippen LogP contribution >= 0.6 is 23.6 Å². The predicted octanol–water partition coefficient (Wildman–Crippen LogP) is 5.51. The quantitative estimate of drug-likeness (QED) is 0.358. The van der Waals surface area contributed by atoms with Crippen molar-refractivity contribution >= 4 is 55.8 Å². The lowest BCUT2D eigenvalue weighted by Crippen LogP contribution is -2.38. The van der Waals surface area contributed by atoms with E-state index in [0.717, 1.165) is 27.0 Å². The monoisotopic (exact) mass is 443 g/mol. The van der Waals surface area contributed by atoms with Crippen LogP contribution in [-0.4, -0.2) is 16.0 Å². The number of benzene rings is 3. The Kier molecular flexibility index (Phi) is 5.19. The van der Waals surface area contributed by atoms with Gasteiger partial charge in [0, 0.05) is 17.5 Å². The van der Waals surface area contributed by atoms with Gasteiger partial charge in [-0.1, -0.05) is 54.6 Å². The number of amides is 1. The van der Waals surface area contributed by atoms with Crippen molar-refractivity contribution in [1.29, 1.82) is 0 Å². The van der Waals surface area contributed by atoms with Gasteiger partial charge in [-0.3, -0.25) is 10.1 Å². The molecule has 0 unspecified atom stereocenters. The molecule has 1 amide bonds. The molecule has 5 nitrogen and oxygen atoms in total. The molecule has 5 rings (SSSR count). The molecule has 152 valence electrons. The Labute approximate surface area is 187 Å². The minimum atomic E-state index is -0.375. The Morgan fingerprint density at radius 1 is 1.00 bits per heavy atom. The summed E-state index contributed by atoms with van der Waals surface area (Å²) >= 11 is 6.93. The summed E-state index contributed by atoms with van der Waals surface area (Å²) in [4.78, 5) is 17.1. The molecule has 0 bridgehead atoms. The highest BCUT2D eigenvalue weighted by Crippen LogP contribution is 2.30. The molecule has 0 aliphatic rings. The normalized spacial score (nSPS) is 11.0. The Morgan fingerprint density at radius 3 is 2.58 bits per heavy atom. The molecule has 2 heterocycles. The number of rotatable bonds is 4. The summed E-state index contributed by atoms with van der Waals surface area (Å²) in [5.74, 6) is -0.148. The number of nitrogens with one attached hydrogen (secondary N) is 2. The van der Waals surface area contributed by atoms with Crippen LogP contribution < -0.4 is 10.6 Å². The zero-order valence-electron chi connectivity index (χ0n) is 16.3. The Balaban J connectivity index is 1.19. The lowest BCUT2D eigenvalue weighted by atomic mass is 10.1. The van der Waals surface area contributed by atoms with Crippen molar-refractivity contribution < 1.29 is 9.21 Å². The minimum Gasteiger partial charge on any atom is -0.451 e. The Bertz CT molecular complexity index is 1340. The van der Waals surface area contributed by atoms with E-state index in [1.807, 2.05) is 66.7 Å². The second-order valence-electron chi connectivity index (χ2n) is 6.97. The molecule has 0 spiro atoms. The van der Waals surface area contributed by atoms with Crippen LogP contribution in [0.2, 0.25) is 0 Å². The first-order valence-electron chi connectivity index (χ1n) is 9.68. The summed E-state index contributed by atoms with van der Waals surface area (Å²) < 4.78 is 6.74. The van der Waals surface area contributed by atoms with Gasteiger partial charge in [0.15, 0.2) is 10.9 Å². The lowest BCUT2D eigenvalue weighted by Gasteiger charge is -2.09. The van der Waals surface area contributed by atoms with Crippen molar-refractivity contribution in [2.75, 3.05) is 0 Å². The van der Waals surface area contributed by atoms with Gasteiger partial charge in [-0.25, -0.2) is 4.98 Å². The summed E-state index contributed by atoms with van der Waals surface area (Å²) in [7, 11) is 0. The number of furan rings is 1. The van der Waals surface area contributed by atoms with E-state index in [1.54, 1.807) is 17.4 Å². The van der Waals surface area contributed by atoms with E-state index in [4.69, 9.17) is 16.6 Å². The molecule has 0 saturated carbocycles. The SMILES string of the molecule is O=C(NC(=S)NCc1ccc(-c2nc3ccccc3s2)cc1)c1cc2ccccc2o1. The molecule has 0 aliphatic carbocycles. The molecule has 31 heavy (non-hydrogen) atoms. The van der Waals surface area contributed by atoms with Crippen LogP contribution in [0.3, 0.4) is 0 Å². The number of carbonyl (C=O) groups is 1. The van der Waals surface area contributed by atoms with Crippen molar-refractivity contribution in [2.45, 2.75) is 6.54 Å². The second-order valence-corrected chi connectivity index (χ2v) is 8.41. The first kappa shape index (κ1) is 19.4. The van der Waals surface area contributed by atoms with Crippen LogP contribution in [0, 0.1) is 0 Å². The van der Waals surface area contributed by atoms with E-state index in [1.165, 1.54) is 4.70 Å². The van der Waals surface area contributed by atoms with Crippen LogP contribution in [0.25, 0.3) is 31.8 Å². The fourth-order valence-corrected chi connectivity index (χ4v) is 4.38. The maximum absolute atomic E-state index is 12.4. The molecule has 2 aromatic heterocycles. The molecule has 3 aromatic carbocycles. The van der Waals surface area contributed by atoms with E-state index in [0.29, 0.717) is 12.1 Å². The summed E-state index contributed by atoms with van der Waals surface area (Å²) in [6.45, 7) is 0.499. The summed E-state index contributed by atoms with van der Waals surface area (Å²) in [5, 5.41) is 7.84. The number of para-hydroxylation sites is 2. The van der Waals surface area contributed by atoms with Crippen LogP contribution in [-0.2, 0) is 6.54 Å². The van der Waals surface area contributed by atoms with Crippen molar-refractivity contribution in [2.24, 2.45) is 0 Å². The van der Waals surface area contributed by atoms with Gasteiger partial charge in [-0.2, -0.15) is 0 Å². The third-order valence-corrected chi connectivity index (χ3v) is 6.16. The minimum absolute atomic E-state index is 0.227. The summed E-state index contributed by atoms with van der Waals surface area (Å²) in [5.41, 5.74) is 3.80. The molecule has 0 saturated heterocycles. The molecule has 0 radical (unpaired) electrons. The maximum Gasteiger partial charge on any atom is 0.293 e. The van der Waals surface area contributed by atoms with Crippen molar-refractivity contribution in [3.63, 3.8) is 0 Å². The molecule has 0 atom stereocenters. The Hall–Kier alpha value is -3.55. The number of nitrogens with zero attached hydrogens (tertiary/aromatic N) is 1. The third kappa shape index (κ3) is 4.19. The largest absolute Gasteiger partial charge is 0.451 e. The van der Waals surface area contributed by atoms with Crippen LogP contribution in [0.4, 0.5) is 0 Å². The van der Waals surface area contributed by atoms with Crippen LogP contribution in [0.1, 0.15) is 16.1 Å². The highest BCUT2D eigenvalue weighted by molar-refractivity contribution is 7.80. The van der Waals surface area contributed by atoms with E-state index in [2.05, 4.69) is 21.7 Å². The van der Waals surface area contributed by atoms with E-state index in [-0.39, 0.29) is 16.8 Å². The zero-order chi connectivity index (χ0) is 21.2. The molecule has 2 N–H and O–H groups in total. The van der Waals surface area contributed by atoms with E-state index < -0.39 is 0 Å². The molecule has 0 fully saturated rings. The highest BCUT2D eigenvalue weighted by atomic mass is 32.1. The number of carbonyl (C=O) groups excluding carboxylic acids is 1. The van der Waals surface area contributed by atoms with Gasteiger partial charge in [0.2, 0.25) is 0 Å². The van der Waals surface area contributed by atoms with Gasteiger partial charge < -0.3 is 9.73 Å². The first-order valence-corrected chi connectivity index (χ1v) is 10.9. The molecule has 7 heteroatoms. The standard InChI is InChI=1S/C24H17N3O2S2/c28-22(20-13-17-5-1-3-7-19(17)29-20)27-24(30)25-14-15-9-11-16(12-10-15)23-26-18-6-2-4-8-21(18)31-23/h1-13H,14H2,(H2,25,27,28,30). The second kappa shape index (κ2) is 8.29.